The molecule has 1 N–H and O–H groups in total. The molecule has 1 aliphatic rings. The van der Waals surface area contributed by atoms with Crippen molar-refractivity contribution in [3.8, 4) is 11.3 Å². The summed E-state index contributed by atoms with van der Waals surface area (Å²) in [7, 11) is 0. The third-order valence-electron chi connectivity index (χ3n) is 3.02. The van der Waals surface area contributed by atoms with E-state index >= 15 is 0 Å². The lowest BCUT2D eigenvalue weighted by Gasteiger charge is -2.00. The van der Waals surface area contributed by atoms with Crippen molar-refractivity contribution in [2.75, 3.05) is 0 Å². The van der Waals surface area contributed by atoms with E-state index in [-0.39, 0.29) is 0 Å². The average Bonchev–Trinajstić information content (AvgIpc) is 2.79. The molecule has 1 heteroatoms. The lowest BCUT2D eigenvalue weighted by Crippen LogP contribution is -1.82. The van der Waals surface area contributed by atoms with Gasteiger partial charge < -0.3 is 4.98 Å². The van der Waals surface area contributed by atoms with Crippen molar-refractivity contribution < 1.29 is 0 Å². The Morgan fingerprint density at radius 1 is 1.00 bits per heavy atom. The van der Waals surface area contributed by atoms with Crippen LogP contribution in [0.1, 0.15) is 17.5 Å². The highest BCUT2D eigenvalue weighted by Gasteiger charge is 2.16. The van der Waals surface area contributed by atoms with Crippen LogP contribution in [-0.2, 0) is 12.8 Å². The van der Waals surface area contributed by atoms with Gasteiger partial charge in [0.2, 0.25) is 0 Å². The van der Waals surface area contributed by atoms with Crippen molar-refractivity contribution in [3.63, 3.8) is 0 Å². The van der Waals surface area contributed by atoms with Gasteiger partial charge in [0.1, 0.15) is 0 Å². The van der Waals surface area contributed by atoms with Crippen molar-refractivity contribution in [3.05, 3.63) is 47.7 Å². The smallest absolute Gasteiger partial charge is 0.0489 e. The van der Waals surface area contributed by atoms with Gasteiger partial charge >= 0.3 is 0 Å². The van der Waals surface area contributed by atoms with Gasteiger partial charge in [-0.3, -0.25) is 0 Å². The summed E-state index contributed by atoms with van der Waals surface area (Å²) in [6.45, 7) is 0. The van der Waals surface area contributed by atoms with Gasteiger partial charge in [0.15, 0.2) is 0 Å². The molecule has 1 heterocycles. The molecule has 3 rings (SSSR count). The molecule has 2 aromatic rings. The zero-order chi connectivity index (χ0) is 9.38. The lowest BCUT2D eigenvalue weighted by atomic mass is 10.1. The average molecular weight is 183 g/mol. The second kappa shape index (κ2) is 3.02. The van der Waals surface area contributed by atoms with Crippen LogP contribution in [0.3, 0.4) is 0 Å². The Labute approximate surface area is 83.8 Å². The Bertz CT molecular complexity index is 440. The van der Waals surface area contributed by atoms with Crippen molar-refractivity contribution in [1.29, 1.82) is 0 Å². The minimum absolute atomic E-state index is 1.24. The Balaban J connectivity index is 2.13. The van der Waals surface area contributed by atoms with E-state index in [1.807, 2.05) is 0 Å². The van der Waals surface area contributed by atoms with Crippen LogP contribution in [0.5, 0.6) is 0 Å². The van der Waals surface area contributed by atoms with Gasteiger partial charge in [0.25, 0.3) is 0 Å². The van der Waals surface area contributed by atoms with Crippen LogP contribution in [0, 0.1) is 0 Å². The molecule has 14 heavy (non-hydrogen) atoms. The van der Waals surface area contributed by atoms with Gasteiger partial charge in [0.05, 0.1) is 0 Å². The van der Waals surface area contributed by atoms with Crippen molar-refractivity contribution >= 4 is 0 Å². The van der Waals surface area contributed by atoms with Gasteiger partial charge in [-0.15, -0.1) is 0 Å². The maximum Gasteiger partial charge on any atom is 0.0489 e. The van der Waals surface area contributed by atoms with E-state index in [4.69, 9.17) is 0 Å². The fourth-order valence-electron chi connectivity index (χ4n) is 2.32. The molecule has 0 radical (unpaired) electrons. The fraction of sp³-hybridized carbons (Fsp3) is 0.231. The first kappa shape index (κ1) is 7.86. The van der Waals surface area contributed by atoms with Crippen LogP contribution < -0.4 is 0 Å². The highest BCUT2D eigenvalue weighted by atomic mass is 14.7. The number of aromatic nitrogens is 1. The van der Waals surface area contributed by atoms with Crippen LogP contribution >= 0.6 is 0 Å². The van der Waals surface area contributed by atoms with Crippen LogP contribution in [-0.4, -0.2) is 4.98 Å². The molecule has 0 atom stereocenters. The first-order valence-electron chi connectivity index (χ1n) is 5.20. The second-order valence-corrected chi connectivity index (χ2v) is 3.89. The number of fused-ring (bicyclic) bond motifs is 1. The van der Waals surface area contributed by atoms with Gasteiger partial charge in [-0.25, -0.2) is 0 Å². The molecule has 70 valence electrons. The molecule has 1 aromatic carbocycles. The summed E-state index contributed by atoms with van der Waals surface area (Å²) in [5.41, 5.74) is 5.70. The number of nitrogens with one attached hydrogen (secondary N) is 1. The molecule has 0 aliphatic heterocycles. The summed E-state index contributed by atoms with van der Waals surface area (Å²) in [5.74, 6) is 0. The number of benzene rings is 1. The lowest BCUT2D eigenvalue weighted by molar-refractivity contribution is 0.903. The van der Waals surface area contributed by atoms with Crippen molar-refractivity contribution in [2.45, 2.75) is 19.3 Å². The summed E-state index contributed by atoms with van der Waals surface area (Å²) >= 11 is 0. The largest absolute Gasteiger partial charge is 0.361 e. The molecular formula is C13H13N. The maximum absolute atomic E-state index is 3.39. The number of aryl methyl sites for hydroxylation is 1. The Hall–Kier alpha value is -1.50. The minimum atomic E-state index is 1.24. The van der Waals surface area contributed by atoms with Gasteiger partial charge in [0, 0.05) is 11.9 Å². The maximum atomic E-state index is 3.39. The summed E-state index contributed by atoms with van der Waals surface area (Å²) in [6, 6.07) is 10.6. The number of rotatable bonds is 1. The van der Waals surface area contributed by atoms with Crippen LogP contribution in [0.25, 0.3) is 11.3 Å². The second-order valence-electron chi connectivity index (χ2n) is 3.89. The minimum Gasteiger partial charge on any atom is -0.361 e. The first-order valence-corrected chi connectivity index (χ1v) is 5.20. The molecule has 0 fully saturated rings. The SMILES string of the molecule is c1ccc(-c2[nH]cc3c2CCC3)cc1. The first-order chi connectivity index (χ1) is 6.95. The summed E-state index contributed by atoms with van der Waals surface area (Å²) in [5, 5.41) is 0. The molecule has 1 nitrogen and oxygen atoms in total. The van der Waals surface area contributed by atoms with E-state index in [1.54, 1.807) is 0 Å². The van der Waals surface area contributed by atoms with Gasteiger partial charge in [-0.2, -0.15) is 0 Å². The zero-order valence-electron chi connectivity index (χ0n) is 8.09. The van der Waals surface area contributed by atoms with Gasteiger partial charge in [-0.05, 0) is 36.0 Å². The van der Waals surface area contributed by atoms with E-state index < -0.39 is 0 Å². The Morgan fingerprint density at radius 2 is 1.86 bits per heavy atom. The van der Waals surface area contributed by atoms with Crippen LogP contribution in [0.15, 0.2) is 36.5 Å². The quantitative estimate of drug-likeness (QED) is 0.699. The van der Waals surface area contributed by atoms with E-state index in [9.17, 15) is 0 Å². The highest BCUT2D eigenvalue weighted by Crippen LogP contribution is 2.31. The summed E-state index contributed by atoms with van der Waals surface area (Å²) < 4.78 is 0. The normalized spacial score (nSPS) is 14.3. The summed E-state index contributed by atoms with van der Waals surface area (Å²) in [4.78, 5) is 3.39. The Morgan fingerprint density at radius 3 is 2.71 bits per heavy atom. The number of H-pyrrole nitrogens is 1. The number of hydrogen-bond donors (Lipinski definition) is 1. The molecule has 0 bridgehead atoms. The molecular weight excluding hydrogens is 170 g/mol. The molecule has 0 spiro atoms. The third kappa shape index (κ3) is 1.09. The topological polar surface area (TPSA) is 15.8 Å². The fourth-order valence-corrected chi connectivity index (χ4v) is 2.32. The van der Waals surface area contributed by atoms with E-state index in [2.05, 4.69) is 41.5 Å². The standard InChI is InChI=1S/C13H13N/c1-2-5-10(6-3-1)13-12-8-4-7-11(12)9-14-13/h1-3,5-6,9,14H,4,7-8H2. The van der Waals surface area contributed by atoms with E-state index in [1.165, 1.54) is 41.6 Å². The monoisotopic (exact) mass is 183 g/mol. The third-order valence-corrected chi connectivity index (χ3v) is 3.02. The Kier molecular flexibility index (Phi) is 1.69. The number of hydrogen-bond acceptors (Lipinski definition) is 0. The van der Waals surface area contributed by atoms with E-state index in [0.717, 1.165) is 0 Å². The zero-order valence-corrected chi connectivity index (χ0v) is 8.09. The predicted octanol–water partition coefficient (Wildman–Crippen LogP) is 3.17. The molecule has 1 aliphatic carbocycles. The number of aromatic amines is 1. The highest BCUT2D eigenvalue weighted by molar-refractivity contribution is 5.66. The molecule has 0 saturated heterocycles. The predicted molar refractivity (Wildman–Crippen MR) is 58.3 cm³/mol. The molecule has 0 amide bonds. The van der Waals surface area contributed by atoms with Crippen molar-refractivity contribution in [1.82, 2.24) is 4.98 Å². The van der Waals surface area contributed by atoms with Crippen LogP contribution in [0.4, 0.5) is 0 Å². The molecule has 0 saturated carbocycles. The van der Waals surface area contributed by atoms with Crippen molar-refractivity contribution in [2.24, 2.45) is 0 Å². The van der Waals surface area contributed by atoms with E-state index in [0.29, 0.717) is 0 Å². The molecule has 0 unspecified atom stereocenters. The summed E-state index contributed by atoms with van der Waals surface area (Å²) in [6.07, 6.45) is 5.98. The van der Waals surface area contributed by atoms with Gasteiger partial charge in [-0.1, -0.05) is 30.3 Å². The molecule has 1 aromatic heterocycles. The van der Waals surface area contributed by atoms with Crippen LogP contribution in [0.2, 0.25) is 0 Å².